The minimum absolute atomic E-state index is 0.600. The van der Waals surface area contributed by atoms with Gasteiger partial charge in [-0.25, -0.2) is 0 Å². The van der Waals surface area contributed by atoms with Gasteiger partial charge in [-0.15, -0.1) is 11.3 Å². The van der Waals surface area contributed by atoms with Crippen molar-refractivity contribution < 1.29 is 0 Å². The molecule has 0 saturated heterocycles. The van der Waals surface area contributed by atoms with Crippen molar-refractivity contribution in [3.05, 3.63) is 20.8 Å². The Labute approximate surface area is 93.6 Å². The highest BCUT2D eigenvalue weighted by Crippen LogP contribution is 2.45. The van der Waals surface area contributed by atoms with Crippen molar-refractivity contribution >= 4 is 43.2 Å². The van der Waals surface area contributed by atoms with Crippen LogP contribution < -0.4 is 0 Å². The van der Waals surface area contributed by atoms with E-state index in [-0.39, 0.29) is 0 Å². The van der Waals surface area contributed by atoms with Gasteiger partial charge in [-0.2, -0.15) is 0 Å². The van der Waals surface area contributed by atoms with Crippen molar-refractivity contribution in [2.24, 2.45) is 5.92 Å². The highest BCUT2D eigenvalue weighted by atomic mass is 79.9. The zero-order chi connectivity index (χ0) is 8.55. The molecule has 0 bridgehead atoms. The monoisotopic (exact) mass is 308 g/mol. The molecule has 3 heteroatoms. The van der Waals surface area contributed by atoms with E-state index in [2.05, 4.69) is 44.0 Å². The fraction of sp³-hybridized carbons (Fsp3) is 0.556. The zero-order valence-electron chi connectivity index (χ0n) is 6.59. The Morgan fingerprint density at radius 2 is 2.17 bits per heavy atom. The molecule has 0 aliphatic heterocycles. The van der Waals surface area contributed by atoms with E-state index in [4.69, 9.17) is 0 Å². The van der Waals surface area contributed by atoms with E-state index in [1.807, 2.05) is 11.3 Å². The van der Waals surface area contributed by atoms with Gasteiger partial charge in [0.05, 0.1) is 8.61 Å². The Balaban J connectivity index is 2.08. The Bertz CT molecular complexity index is 265. The molecule has 0 amide bonds. The maximum Gasteiger partial charge on any atom is 0.0701 e. The molecule has 1 aromatic rings. The van der Waals surface area contributed by atoms with E-state index in [9.17, 15) is 0 Å². The average molecular weight is 310 g/mol. The van der Waals surface area contributed by atoms with Crippen LogP contribution >= 0.6 is 43.2 Å². The van der Waals surface area contributed by atoms with Crippen LogP contribution in [0.1, 0.15) is 29.0 Å². The van der Waals surface area contributed by atoms with Gasteiger partial charge < -0.3 is 0 Å². The summed E-state index contributed by atoms with van der Waals surface area (Å²) in [5, 5.41) is 0. The van der Waals surface area contributed by atoms with Gasteiger partial charge >= 0.3 is 0 Å². The molecule has 12 heavy (non-hydrogen) atoms. The predicted molar refractivity (Wildman–Crippen MR) is 61.0 cm³/mol. The quantitative estimate of drug-likeness (QED) is 0.692. The van der Waals surface area contributed by atoms with Gasteiger partial charge in [0.2, 0.25) is 0 Å². The summed E-state index contributed by atoms with van der Waals surface area (Å²) in [6.07, 6.45) is 4.20. The van der Waals surface area contributed by atoms with Gasteiger partial charge in [-0.05, 0) is 46.8 Å². The summed E-state index contributed by atoms with van der Waals surface area (Å²) in [7, 11) is 0. The third kappa shape index (κ3) is 1.78. The molecule has 1 saturated carbocycles. The zero-order valence-corrected chi connectivity index (χ0v) is 10.6. The minimum atomic E-state index is 0.600. The number of alkyl halides is 1. The highest BCUT2D eigenvalue weighted by Gasteiger charge is 2.27. The van der Waals surface area contributed by atoms with Gasteiger partial charge in [0, 0.05) is 4.88 Å². The van der Waals surface area contributed by atoms with E-state index >= 15 is 0 Å². The molecular formula is C9H10Br2S. The van der Waals surface area contributed by atoms with Crippen molar-refractivity contribution in [3.63, 3.8) is 0 Å². The summed E-state index contributed by atoms with van der Waals surface area (Å²) in [6, 6.07) is 4.35. The molecule has 2 rings (SSSR count). The fourth-order valence-corrected chi connectivity index (χ4v) is 3.90. The second kappa shape index (κ2) is 3.81. The predicted octanol–water partition coefficient (Wildman–Crippen LogP) is 4.75. The Hall–Kier alpha value is 0.660. The first-order valence-electron chi connectivity index (χ1n) is 4.16. The standard InChI is InChI=1S/C9H10Br2S/c10-8-5-4-7(12-8)9(11)6-2-1-3-6/h4-6,9H,1-3H2. The number of hydrogen-bond acceptors (Lipinski definition) is 1. The molecule has 1 heterocycles. The fourth-order valence-electron chi connectivity index (χ4n) is 1.44. The summed E-state index contributed by atoms with van der Waals surface area (Å²) >= 11 is 9.10. The summed E-state index contributed by atoms with van der Waals surface area (Å²) in [5.41, 5.74) is 0. The second-order valence-corrected chi connectivity index (χ2v) is 6.72. The van der Waals surface area contributed by atoms with E-state index in [1.54, 1.807) is 0 Å². The lowest BCUT2D eigenvalue weighted by molar-refractivity contribution is 0.314. The molecule has 1 unspecified atom stereocenters. The van der Waals surface area contributed by atoms with Crippen LogP contribution in [-0.2, 0) is 0 Å². The smallest absolute Gasteiger partial charge is 0.0701 e. The van der Waals surface area contributed by atoms with Crippen molar-refractivity contribution in [1.82, 2.24) is 0 Å². The van der Waals surface area contributed by atoms with Crippen LogP contribution in [-0.4, -0.2) is 0 Å². The van der Waals surface area contributed by atoms with Crippen LogP contribution in [0.5, 0.6) is 0 Å². The Morgan fingerprint density at radius 3 is 2.58 bits per heavy atom. The molecule has 0 N–H and O–H groups in total. The van der Waals surface area contributed by atoms with Crippen LogP contribution in [0.2, 0.25) is 0 Å². The molecule has 66 valence electrons. The van der Waals surface area contributed by atoms with Crippen molar-refractivity contribution in [2.45, 2.75) is 24.1 Å². The molecule has 0 nitrogen and oxygen atoms in total. The summed E-state index contributed by atoms with van der Waals surface area (Å²) in [6.45, 7) is 0. The molecule has 0 aromatic carbocycles. The average Bonchev–Trinajstić information content (AvgIpc) is 2.31. The molecule has 1 aliphatic carbocycles. The first kappa shape index (κ1) is 9.22. The third-order valence-electron chi connectivity index (χ3n) is 2.43. The molecule has 1 aromatic heterocycles. The maximum atomic E-state index is 3.77. The molecule has 1 aliphatic rings. The lowest BCUT2D eigenvalue weighted by Gasteiger charge is -2.29. The van der Waals surface area contributed by atoms with Gasteiger partial charge in [0.15, 0.2) is 0 Å². The first-order chi connectivity index (χ1) is 5.77. The van der Waals surface area contributed by atoms with Gasteiger partial charge in [-0.3, -0.25) is 0 Å². The van der Waals surface area contributed by atoms with Crippen LogP contribution in [0.25, 0.3) is 0 Å². The molecule has 1 fully saturated rings. The highest BCUT2D eigenvalue weighted by molar-refractivity contribution is 9.11. The topological polar surface area (TPSA) is 0 Å². The normalized spacial score (nSPS) is 20.5. The van der Waals surface area contributed by atoms with E-state index in [0.29, 0.717) is 4.83 Å². The largest absolute Gasteiger partial charge is 0.132 e. The van der Waals surface area contributed by atoms with E-state index in [0.717, 1.165) is 5.92 Å². The molecule has 1 atom stereocenters. The van der Waals surface area contributed by atoms with Crippen molar-refractivity contribution in [3.8, 4) is 0 Å². The van der Waals surface area contributed by atoms with Gasteiger partial charge in [0.25, 0.3) is 0 Å². The Morgan fingerprint density at radius 1 is 1.42 bits per heavy atom. The van der Waals surface area contributed by atoms with Crippen LogP contribution in [0.15, 0.2) is 15.9 Å². The number of hydrogen-bond donors (Lipinski definition) is 0. The van der Waals surface area contributed by atoms with Crippen molar-refractivity contribution in [1.29, 1.82) is 0 Å². The SMILES string of the molecule is Brc1ccc(C(Br)C2CCC2)s1. The van der Waals surface area contributed by atoms with Gasteiger partial charge in [0.1, 0.15) is 0 Å². The lowest BCUT2D eigenvalue weighted by atomic mass is 9.82. The Kier molecular flexibility index (Phi) is 2.93. The summed E-state index contributed by atoms with van der Waals surface area (Å²) in [4.78, 5) is 2.06. The summed E-state index contributed by atoms with van der Waals surface area (Å²) < 4.78 is 1.24. The minimum Gasteiger partial charge on any atom is -0.132 e. The number of rotatable bonds is 2. The van der Waals surface area contributed by atoms with Crippen LogP contribution in [0.3, 0.4) is 0 Å². The van der Waals surface area contributed by atoms with Gasteiger partial charge in [-0.1, -0.05) is 22.4 Å². The van der Waals surface area contributed by atoms with Crippen LogP contribution in [0, 0.1) is 5.92 Å². The molecule has 0 radical (unpaired) electrons. The molecule has 0 spiro atoms. The van der Waals surface area contributed by atoms with E-state index in [1.165, 1.54) is 27.9 Å². The van der Waals surface area contributed by atoms with Crippen LogP contribution in [0.4, 0.5) is 0 Å². The van der Waals surface area contributed by atoms with Crippen molar-refractivity contribution in [2.75, 3.05) is 0 Å². The van der Waals surface area contributed by atoms with E-state index < -0.39 is 0 Å². The molecular weight excluding hydrogens is 300 g/mol. The summed E-state index contributed by atoms with van der Waals surface area (Å²) in [5.74, 6) is 0.885. The third-order valence-corrected chi connectivity index (χ3v) is 5.68. The number of halogens is 2. The lowest BCUT2D eigenvalue weighted by Crippen LogP contribution is -2.15. The first-order valence-corrected chi connectivity index (χ1v) is 6.69. The number of thiophene rings is 1. The second-order valence-electron chi connectivity index (χ2n) is 3.23. The maximum absolute atomic E-state index is 3.77.